The van der Waals surface area contributed by atoms with Gasteiger partial charge in [-0.3, -0.25) is 4.79 Å². The molecule has 0 amide bonds. The zero-order valence-corrected chi connectivity index (χ0v) is 20.9. The number of ether oxygens (including phenoxy) is 2. The number of esters is 1. The quantitative estimate of drug-likeness (QED) is 0.163. The van der Waals surface area contributed by atoms with Crippen molar-refractivity contribution in [3.63, 3.8) is 0 Å². The predicted molar refractivity (Wildman–Crippen MR) is 141 cm³/mol. The van der Waals surface area contributed by atoms with E-state index in [9.17, 15) is 4.79 Å². The van der Waals surface area contributed by atoms with Crippen LogP contribution in [-0.4, -0.2) is 37.3 Å². The fraction of sp³-hybridized carbons (Fsp3) is 0.379. The highest BCUT2D eigenvalue weighted by Crippen LogP contribution is 2.30. The molecule has 184 valence electrons. The number of carbonyl (C=O) groups excluding carboxylic acids is 1. The molecule has 3 aromatic carbocycles. The van der Waals surface area contributed by atoms with Crippen LogP contribution in [0.3, 0.4) is 0 Å². The van der Waals surface area contributed by atoms with Crippen LogP contribution in [0.25, 0.3) is 33.3 Å². The van der Waals surface area contributed by atoms with Crippen LogP contribution < -0.4 is 9.64 Å². The number of carbonyl (C=O) groups is 1. The summed E-state index contributed by atoms with van der Waals surface area (Å²) in [6.07, 6.45) is 3.15. The first kappa shape index (κ1) is 24.6. The molecule has 0 aliphatic carbocycles. The van der Waals surface area contributed by atoms with Crippen LogP contribution >= 0.6 is 0 Å². The lowest BCUT2D eigenvalue weighted by atomic mass is 10.1. The summed E-state index contributed by atoms with van der Waals surface area (Å²) in [6, 6.07) is 18.5. The third-order valence-corrected chi connectivity index (χ3v) is 6.16. The van der Waals surface area contributed by atoms with Crippen LogP contribution in [0.2, 0.25) is 0 Å². The van der Waals surface area contributed by atoms with E-state index in [1.54, 1.807) is 0 Å². The molecule has 0 aliphatic rings. The van der Waals surface area contributed by atoms with Crippen molar-refractivity contribution in [3.05, 3.63) is 54.6 Å². The van der Waals surface area contributed by atoms with Gasteiger partial charge in [-0.25, -0.2) is 4.98 Å². The molecule has 0 spiro atoms. The summed E-state index contributed by atoms with van der Waals surface area (Å²) in [5.41, 5.74) is 3.76. The molecule has 0 N–H and O–H groups in total. The topological polar surface area (TPSA) is 64.8 Å². The third-order valence-electron chi connectivity index (χ3n) is 6.16. The van der Waals surface area contributed by atoms with Gasteiger partial charge >= 0.3 is 5.97 Å². The molecule has 35 heavy (non-hydrogen) atoms. The van der Waals surface area contributed by atoms with E-state index in [1.165, 1.54) is 0 Å². The van der Waals surface area contributed by atoms with E-state index in [4.69, 9.17) is 18.9 Å². The summed E-state index contributed by atoms with van der Waals surface area (Å²) in [5, 5.41) is 2.21. The Morgan fingerprint density at radius 3 is 2.51 bits per heavy atom. The maximum absolute atomic E-state index is 11.4. The number of rotatable bonds is 12. The minimum atomic E-state index is -0.121. The smallest absolute Gasteiger partial charge is 0.305 e. The number of anilines is 1. The van der Waals surface area contributed by atoms with E-state index in [0.29, 0.717) is 25.5 Å². The van der Waals surface area contributed by atoms with Crippen molar-refractivity contribution in [3.8, 4) is 17.2 Å². The number of hydrogen-bond acceptors (Lipinski definition) is 6. The van der Waals surface area contributed by atoms with Crippen LogP contribution in [0, 0.1) is 0 Å². The maximum Gasteiger partial charge on any atom is 0.305 e. The zero-order chi connectivity index (χ0) is 24.6. The Morgan fingerprint density at radius 2 is 1.71 bits per heavy atom. The molecule has 0 unspecified atom stereocenters. The fourth-order valence-electron chi connectivity index (χ4n) is 4.24. The third kappa shape index (κ3) is 6.13. The van der Waals surface area contributed by atoms with E-state index in [-0.39, 0.29) is 5.97 Å². The SMILES string of the molecule is CCOC(=O)CCCCCOc1ccc2cc(-c3nc4ccc(N(CC)CC)cc4o3)ccc2c1. The summed E-state index contributed by atoms with van der Waals surface area (Å²) >= 11 is 0. The summed E-state index contributed by atoms with van der Waals surface area (Å²) in [7, 11) is 0. The number of aromatic nitrogens is 1. The highest BCUT2D eigenvalue weighted by Gasteiger charge is 2.11. The molecular formula is C29H34N2O4. The molecule has 6 nitrogen and oxygen atoms in total. The van der Waals surface area contributed by atoms with Gasteiger partial charge in [0.15, 0.2) is 5.58 Å². The minimum absolute atomic E-state index is 0.121. The van der Waals surface area contributed by atoms with Gasteiger partial charge in [-0.05, 0) is 87.2 Å². The lowest BCUT2D eigenvalue weighted by molar-refractivity contribution is -0.143. The number of nitrogens with zero attached hydrogens (tertiary/aromatic N) is 2. The maximum atomic E-state index is 11.4. The zero-order valence-electron chi connectivity index (χ0n) is 20.9. The Morgan fingerprint density at radius 1 is 0.914 bits per heavy atom. The molecule has 4 aromatic rings. The van der Waals surface area contributed by atoms with Crippen molar-refractivity contribution in [1.29, 1.82) is 0 Å². The van der Waals surface area contributed by atoms with Gasteiger partial charge in [0.05, 0.1) is 13.2 Å². The molecule has 6 heteroatoms. The van der Waals surface area contributed by atoms with Gasteiger partial charge in [-0.2, -0.15) is 0 Å². The van der Waals surface area contributed by atoms with Crippen LogP contribution in [0.15, 0.2) is 59.0 Å². The number of hydrogen-bond donors (Lipinski definition) is 0. The fourth-order valence-corrected chi connectivity index (χ4v) is 4.24. The predicted octanol–water partition coefficient (Wildman–Crippen LogP) is 7.00. The van der Waals surface area contributed by atoms with Gasteiger partial charge < -0.3 is 18.8 Å². The molecule has 0 radical (unpaired) electrons. The molecule has 1 heterocycles. The van der Waals surface area contributed by atoms with Gasteiger partial charge in [-0.15, -0.1) is 0 Å². The number of benzene rings is 3. The number of oxazole rings is 1. The molecule has 0 fully saturated rings. The Kier molecular flexibility index (Phi) is 8.24. The second-order valence-corrected chi connectivity index (χ2v) is 8.53. The molecule has 0 atom stereocenters. The highest BCUT2D eigenvalue weighted by molar-refractivity contribution is 5.88. The number of fused-ring (bicyclic) bond motifs is 2. The lowest BCUT2D eigenvalue weighted by Crippen LogP contribution is -2.21. The first-order valence-electron chi connectivity index (χ1n) is 12.6. The molecule has 0 bridgehead atoms. The van der Waals surface area contributed by atoms with E-state index >= 15 is 0 Å². The summed E-state index contributed by atoms with van der Waals surface area (Å²) in [5.74, 6) is 1.35. The van der Waals surface area contributed by atoms with Gasteiger partial charge in [0.25, 0.3) is 0 Å². The first-order chi connectivity index (χ1) is 17.1. The van der Waals surface area contributed by atoms with E-state index in [2.05, 4.69) is 55.1 Å². The average Bonchev–Trinajstić information content (AvgIpc) is 3.30. The molecule has 0 saturated heterocycles. The van der Waals surface area contributed by atoms with E-state index in [0.717, 1.165) is 71.2 Å². The Bertz CT molecular complexity index is 1280. The summed E-state index contributed by atoms with van der Waals surface area (Å²) in [4.78, 5) is 18.4. The molecular weight excluding hydrogens is 440 g/mol. The number of unbranched alkanes of at least 4 members (excludes halogenated alkanes) is 2. The molecule has 0 saturated carbocycles. The van der Waals surface area contributed by atoms with Gasteiger partial charge in [0.2, 0.25) is 5.89 Å². The summed E-state index contributed by atoms with van der Waals surface area (Å²) < 4.78 is 17.0. The Balaban J connectivity index is 1.39. The first-order valence-corrected chi connectivity index (χ1v) is 12.6. The van der Waals surface area contributed by atoms with Crippen molar-refractivity contribution in [2.24, 2.45) is 0 Å². The van der Waals surface area contributed by atoms with Gasteiger partial charge in [0, 0.05) is 36.8 Å². The van der Waals surface area contributed by atoms with Crippen molar-refractivity contribution < 1.29 is 18.7 Å². The minimum Gasteiger partial charge on any atom is -0.494 e. The second-order valence-electron chi connectivity index (χ2n) is 8.53. The molecule has 1 aromatic heterocycles. The van der Waals surface area contributed by atoms with Crippen molar-refractivity contribution >= 4 is 33.5 Å². The lowest BCUT2D eigenvalue weighted by Gasteiger charge is -2.20. The van der Waals surface area contributed by atoms with Crippen LogP contribution in [0.5, 0.6) is 5.75 Å². The van der Waals surface area contributed by atoms with Crippen molar-refractivity contribution in [1.82, 2.24) is 4.98 Å². The molecule has 4 rings (SSSR count). The van der Waals surface area contributed by atoms with Crippen molar-refractivity contribution in [2.75, 3.05) is 31.2 Å². The van der Waals surface area contributed by atoms with Crippen molar-refractivity contribution in [2.45, 2.75) is 46.5 Å². The largest absolute Gasteiger partial charge is 0.494 e. The normalized spacial score (nSPS) is 11.2. The van der Waals surface area contributed by atoms with Crippen LogP contribution in [0.4, 0.5) is 5.69 Å². The average molecular weight is 475 g/mol. The monoisotopic (exact) mass is 474 g/mol. The standard InChI is InChI=1S/C29H34N2O4/c1-4-31(5-2)24-14-16-26-27(20-24)35-29(30-26)23-12-11-22-19-25(15-13-21(22)18-23)34-17-9-7-8-10-28(32)33-6-3/h11-16,18-20H,4-10,17H2,1-3H3. The van der Waals surface area contributed by atoms with Gasteiger partial charge in [0.1, 0.15) is 11.3 Å². The second kappa shape index (κ2) is 11.7. The summed E-state index contributed by atoms with van der Waals surface area (Å²) in [6.45, 7) is 9.11. The van der Waals surface area contributed by atoms with Gasteiger partial charge in [-0.1, -0.05) is 12.1 Å². The van der Waals surface area contributed by atoms with E-state index in [1.807, 2.05) is 25.1 Å². The Hall–Kier alpha value is -3.54. The van der Waals surface area contributed by atoms with Crippen LogP contribution in [-0.2, 0) is 9.53 Å². The highest BCUT2D eigenvalue weighted by atomic mass is 16.5. The van der Waals surface area contributed by atoms with E-state index < -0.39 is 0 Å². The molecule has 0 aliphatic heterocycles. The van der Waals surface area contributed by atoms with Crippen LogP contribution in [0.1, 0.15) is 46.5 Å². The Labute approximate surface area is 206 Å².